The van der Waals surface area contributed by atoms with Gasteiger partial charge in [-0.3, -0.25) is 4.98 Å². The molecule has 0 aliphatic rings. The van der Waals surface area contributed by atoms with Gasteiger partial charge in [0.1, 0.15) is 11.4 Å². The van der Waals surface area contributed by atoms with Gasteiger partial charge in [0.25, 0.3) is 0 Å². The minimum atomic E-state index is -4.58. The number of nitrogens with one attached hydrogen (secondary N) is 2. The first kappa shape index (κ1) is 20.2. The molecule has 3 rings (SSSR count). The number of benzene rings is 1. The first-order valence-electron chi connectivity index (χ1n) is 8.12. The van der Waals surface area contributed by atoms with Crippen LogP contribution in [0.25, 0.3) is 0 Å². The summed E-state index contributed by atoms with van der Waals surface area (Å²) in [6, 6.07) is 8.30. The largest absolute Gasteiger partial charge is 0.421 e. The Labute approximate surface area is 169 Å². The second-order valence-electron chi connectivity index (χ2n) is 5.74. The van der Waals surface area contributed by atoms with E-state index in [4.69, 9.17) is 23.2 Å². The number of rotatable bonds is 6. The van der Waals surface area contributed by atoms with Crippen LogP contribution in [0.3, 0.4) is 0 Å². The number of hydrogen-bond donors (Lipinski definition) is 2. The van der Waals surface area contributed by atoms with Crippen molar-refractivity contribution >= 4 is 40.7 Å². The van der Waals surface area contributed by atoms with Crippen molar-refractivity contribution in [2.24, 2.45) is 0 Å². The van der Waals surface area contributed by atoms with Gasteiger partial charge < -0.3 is 10.6 Å². The molecule has 0 saturated heterocycles. The Hall–Kier alpha value is -2.58. The first-order chi connectivity index (χ1) is 13.3. The number of anilines is 3. The van der Waals surface area contributed by atoms with Gasteiger partial charge in [0.15, 0.2) is 0 Å². The number of pyridine rings is 1. The average Bonchev–Trinajstić information content (AvgIpc) is 2.65. The number of hydrogen-bond acceptors (Lipinski definition) is 5. The Morgan fingerprint density at radius 3 is 2.43 bits per heavy atom. The quantitative estimate of drug-likeness (QED) is 0.536. The standard InChI is InChI=1S/C18H14Cl2F3N5/c19-14-2-1-12(9-15(14)20)27-17-26-10-13(18(21,22)23)16(28-17)25-8-5-11-3-6-24-7-4-11/h1-4,6-7,9-10H,5,8H2,(H2,25,26,27,28). The maximum absolute atomic E-state index is 13.3. The number of aromatic nitrogens is 3. The van der Waals surface area contributed by atoms with E-state index in [1.54, 1.807) is 36.7 Å². The van der Waals surface area contributed by atoms with E-state index >= 15 is 0 Å². The van der Waals surface area contributed by atoms with Crippen LogP contribution < -0.4 is 10.6 Å². The highest BCUT2D eigenvalue weighted by Gasteiger charge is 2.35. The average molecular weight is 428 g/mol. The maximum atomic E-state index is 13.3. The van der Waals surface area contributed by atoms with Crippen LogP contribution in [0.2, 0.25) is 10.0 Å². The predicted octanol–water partition coefficient (Wildman–Crippen LogP) is 5.60. The van der Waals surface area contributed by atoms with E-state index in [-0.39, 0.29) is 18.3 Å². The molecule has 5 nitrogen and oxygen atoms in total. The lowest BCUT2D eigenvalue weighted by atomic mass is 10.2. The molecule has 10 heteroatoms. The molecule has 0 aliphatic carbocycles. The van der Waals surface area contributed by atoms with Crippen LogP contribution in [-0.4, -0.2) is 21.5 Å². The van der Waals surface area contributed by atoms with Gasteiger partial charge in [0, 0.05) is 30.8 Å². The normalized spacial score (nSPS) is 11.3. The summed E-state index contributed by atoms with van der Waals surface area (Å²) in [5.41, 5.74) is 0.498. The van der Waals surface area contributed by atoms with Crippen LogP contribution in [0.1, 0.15) is 11.1 Å². The lowest BCUT2D eigenvalue weighted by Crippen LogP contribution is -2.16. The van der Waals surface area contributed by atoms with Crippen molar-refractivity contribution in [3.8, 4) is 0 Å². The summed E-state index contributed by atoms with van der Waals surface area (Å²) in [6.07, 6.45) is -0.0804. The molecule has 28 heavy (non-hydrogen) atoms. The molecule has 2 heterocycles. The molecular weight excluding hydrogens is 414 g/mol. The van der Waals surface area contributed by atoms with Gasteiger partial charge in [0.05, 0.1) is 10.0 Å². The topological polar surface area (TPSA) is 62.7 Å². The van der Waals surface area contributed by atoms with Crippen LogP contribution in [0, 0.1) is 0 Å². The predicted molar refractivity (Wildman–Crippen MR) is 103 cm³/mol. The monoisotopic (exact) mass is 427 g/mol. The summed E-state index contributed by atoms with van der Waals surface area (Å²) in [5.74, 6) is -0.308. The van der Waals surface area contributed by atoms with Crippen LogP contribution in [0.5, 0.6) is 0 Å². The van der Waals surface area contributed by atoms with Gasteiger partial charge >= 0.3 is 6.18 Å². The van der Waals surface area contributed by atoms with Crippen molar-refractivity contribution in [3.63, 3.8) is 0 Å². The third-order valence-corrected chi connectivity index (χ3v) is 4.46. The van der Waals surface area contributed by atoms with Crippen molar-refractivity contribution in [3.05, 3.63) is 70.1 Å². The molecule has 3 aromatic rings. The van der Waals surface area contributed by atoms with E-state index in [1.807, 2.05) is 0 Å². The summed E-state index contributed by atoms with van der Waals surface area (Å²) in [4.78, 5) is 11.6. The Kier molecular flexibility index (Phi) is 6.21. The van der Waals surface area contributed by atoms with Crippen LogP contribution in [0.4, 0.5) is 30.6 Å². The van der Waals surface area contributed by atoms with Crippen molar-refractivity contribution in [2.75, 3.05) is 17.2 Å². The first-order valence-corrected chi connectivity index (χ1v) is 8.87. The molecule has 0 aliphatic heterocycles. The van der Waals surface area contributed by atoms with E-state index < -0.39 is 11.7 Å². The van der Waals surface area contributed by atoms with Crippen molar-refractivity contribution < 1.29 is 13.2 Å². The van der Waals surface area contributed by atoms with E-state index in [9.17, 15) is 13.2 Å². The van der Waals surface area contributed by atoms with Crippen molar-refractivity contribution in [2.45, 2.75) is 12.6 Å². The summed E-state index contributed by atoms with van der Waals surface area (Å²) < 4.78 is 39.8. The molecule has 0 bridgehead atoms. The molecular formula is C18H14Cl2F3N5. The number of nitrogens with zero attached hydrogens (tertiary/aromatic N) is 3. The zero-order valence-electron chi connectivity index (χ0n) is 14.3. The molecule has 0 radical (unpaired) electrons. The zero-order chi connectivity index (χ0) is 20.1. The summed E-state index contributed by atoms with van der Waals surface area (Å²) in [5, 5.41) is 6.21. The molecule has 0 amide bonds. The van der Waals surface area contributed by atoms with Gasteiger partial charge in [-0.2, -0.15) is 18.2 Å². The van der Waals surface area contributed by atoms with Gasteiger partial charge in [-0.25, -0.2) is 4.98 Å². The highest BCUT2D eigenvalue weighted by Crippen LogP contribution is 2.34. The molecule has 0 atom stereocenters. The Morgan fingerprint density at radius 2 is 1.75 bits per heavy atom. The third-order valence-electron chi connectivity index (χ3n) is 3.73. The van der Waals surface area contributed by atoms with E-state index in [0.717, 1.165) is 11.8 Å². The van der Waals surface area contributed by atoms with Crippen molar-refractivity contribution in [1.29, 1.82) is 0 Å². The number of alkyl halides is 3. The van der Waals surface area contributed by atoms with E-state index in [2.05, 4.69) is 25.6 Å². The molecule has 0 unspecified atom stereocenters. The lowest BCUT2D eigenvalue weighted by Gasteiger charge is -2.15. The van der Waals surface area contributed by atoms with Gasteiger partial charge in [-0.05, 0) is 42.3 Å². The van der Waals surface area contributed by atoms with Gasteiger partial charge in [-0.1, -0.05) is 23.2 Å². The third kappa shape index (κ3) is 5.24. The lowest BCUT2D eigenvalue weighted by molar-refractivity contribution is -0.137. The molecule has 1 aromatic carbocycles. The zero-order valence-corrected chi connectivity index (χ0v) is 15.8. The highest BCUT2D eigenvalue weighted by atomic mass is 35.5. The number of halogens is 5. The van der Waals surface area contributed by atoms with E-state index in [0.29, 0.717) is 22.2 Å². The van der Waals surface area contributed by atoms with Crippen LogP contribution >= 0.6 is 23.2 Å². The summed E-state index contributed by atoms with van der Waals surface area (Å²) >= 11 is 11.8. The molecule has 0 fully saturated rings. The van der Waals surface area contributed by atoms with Crippen LogP contribution in [0.15, 0.2) is 48.9 Å². The SMILES string of the molecule is FC(F)(F)c1cnc(Nc2ccc(Cl)c(Cl)c2)nc1NCCc1ccncc1. The summed E-state index contributed by atoms with van der Waals surface area (Å²) in [7, 11) is 0. The fourth-order valence-corrected chi connectivity index (χ4v) is 2.66. The van der Waals surface area contributed by atoms with Gasteiger partial charge in [0.2, 0.25) is 5.95 Å². The Morgan fingerprint density at radius 1 is 1.00 bits per heavy atom. The molecule has 146 valence electrons. The molecule has 0 saturated carbocycles. The molecule has 2 N–H and O–H groups in total. The smallest absolute Gasteiger partial charge is 0.369 e. The fraction of sp³-hybridized carbons (Fsp3) is 0.167. The maximum Gasteiger partial charge on any atom is 0.421 e. The molecule has 0 spiro atoms. The van der Waals surface area contributed by atoms with E-state index in [1.165, 1.54) is 6.07 Å². The van der Waals surface area contributed by atoms with Crippen molar-refractivity contribution in [1.82, 2.24) is 15.0 Å². The Bertz CT molecular complexity index is 952. The Balaban J connectivity index is 1.79. The minimum absolute atomic E-state index is 0.00204. The summed E-state index contributed by atoms with van der Waals surface area (Å²) in [6.45, 7) is 0.260. The second kappa shape index (κ2) is 8.62. The fourth-order valence-electron chi connectivity index (χ4n) is 2.36. The minimum Gasteiger partial charge on any atom is -0.369 e. The van der Waals surface area contributed by atoms with Crippen LogP contribution in [-0.2, 0) is 12.6 Å². The van der Waals surface area contributed by atoms with Gasteiger partial charge in [-0.15, -0.1) is 0 Å². The molecule has 2 aromatic heterocycles. The highest BCUT2D eigenvalue weighted by molar-refractivity contribution is 6.42. The second-order valence-corrected chi connectivity index (χ2v) is 6.55.